The molecule has 1 atom stereocenters. The molecule has 0 aromatic rings. The van der Waals surface area contributed by atoms with Crippen LogP contribution in [0.15, 0.2) is 0 Å². The molecule has 6 nitrogen and oxygen atoms in total. The third kappa shape index (κ3) is 6.78. The van der Waals surface area contributed by atoms with Crippen LogP contribution in [-0.2, 0) is 4.74 Å². The van der Waals surface area contributed by atoms with Crippen molar-refractivity contribution in [3.8, 4) is 12.1 Å². The molecule has 1 fully saturated rings. The van der Waals surface area contributed by atoms with Crippen LogP contribution in [0.3, 0.4) is 0 Å². The molecule has 1 saturated heterocycles. The monoisotopic (exact) mass is 306 g/mol. The van der Waals surface area contributed by atoms with Gasteiger partial charge < -0.3 is 14.5 Å². The first-order chi connectivity index (χ1) is 10.6. The summed E-state index contributed by atoms with van der Waals surface area (Å²) in [6, 6.07) is 4.36. The van der Waals surface area contributed by atoms with Crippen LogP contribution in [0.2, 0.25) is 0 Å². The second-order valence-electron chi connectivity index (χ2n) is 6.13. The van der Waals surface area contributed by atoms with Crippen molar-refractivity contribution in [3.05, 3.63) is 0 Å². The molecule has 1 aliphatic heterocycles. The third-order valence-corrected chi connectivity index (χ3v) is 3.65. The number of carbonyl (C=O) groups excluding carboxylic acids is 1. The third-order valence-electron chi connectivity index (χ3n) is 3.65. The van der Waals surface area contributed by atoms with Gasteiger partial charge in [-0.2, -0.15) is 10.5 Å². The van der Waals surface area contributed by atoms with Gasteiger partial charge in [-0.3, -0.25) is 0 Å². The molecule has 0 aliphatic carbocycles. The van der Waals surface area contributed by atoms with Crippen molar-refractivity contribution in [2.24, 2.45) is 11.8 Å². The number of nitrogens with zero attached hydrogens (tertiary/aromatic N) is 4. The highest BCUT2D eigenvalue weighted by atomic mass is 16.6. The van der Waals surface area contributed by atoms with E-state index in [4.69, 9.17) is 15.3 Å². The van der Waals surface area contributed by atoms with Crippen LogP contribution in [0.4, 0.5) is 4.79 Å². The number of nitriles is 2. The van der Waals surface area contributed by atoms with E-state index in [2.05, 4.69) is 17.0 Å². The summed E-state index contributed by atoms with van der Waals surface area (Å²) in [5.74, 6) is 0.225. The maximum atomic E-state index is 12.0. The Balaban J connectivity index is 2.40. The molecule has 6 heteroatoms. The number of hydrogen-bond donors (Lipinski definition) is 0. The predicted molar refractivity (Wildman–Crippen MR) is 82.8 cm³/mol. The molecule has 0 N–H and O–H groups in total. The zero-order valence-electron chi connectivity index (χ0n) is 13.6. The Bertz CT molecular complexity index is 425. The number of hydrogen-bond acceptors (Lipinski definition) is 5. The predicted octanol–water partition coefficient (Wildman–Crippen LogP) is 2.23. The maximum absolute atomic E-state index is 12.0. The highest BCUT2D eigenvalue weighted by Gasteiger charge is 2.22. The second-order valence-corrected chi connectivity index (χ2v) is 6.13. The van der Waals surface area contributed by atoms with E-state index in [1.165, 1.54) is 0 Å². The Hall–Kier alpha value is -1.79. The van der Waals surface area contributed by atoms with E-state index < -0.39 is 0 Å². The van der Waals surface area contributed by atoms with Crippen molar-refractivity contribution in [1.82, 2.24) is 9.80 Å². The summed E-state index contributed by atoms with van der Waals surface area (Å²) in [4.78, 5) is 15.9. The number of rotatable bonds is 6. The average molecular weight is 306 g/mol. The van der Waals surface area contributed by atoms with Gasteiger partial charge in [-0.1, -0.05) is 13.8 Å². The summed E-state index contributed by atoms with van der Waals surface area (Å²) >= 11 is 0. The summed E-state index contributed by atoms with van der Waals surface area (Å²) in [5.41, 5.74) is 0. The zero-order valence-corrected chi connectivity index (χ0v) is 13.6. The van der Waals surface area contributed by atoms with E-state index in [1.54, 1.807) is 4.90 Å². The Morgan fingerprint density at radius 3 is 2.64 bits per heavy atom. The maximum Gasteiger partial charge on any atom is 0.409 e. The van der Waals surface area contributed by atoms with Crippen LogP contribution < -0.4 is 0 Å². The van der Waals surface area contributed by atoms with Gasteiger partial charge in [0.1, 0.15) is 0 Å². The Morgan fingerprint density at radius 1 is 1.23 bits per heavy atom. The first-order valence-electron chi connectivity index (χ1n) is 7.97. The van der Waals surface area contributed by atoms with Crippen molar-refractivity contribution in [2.75, 3.05) is 39.3 Å². The van der Waals surface area contributed by atoms with Crippen LogP contribution in [-0.4, -0.2) is 55.2 Å². The molecule has 1 unspecified atom stereocenters. The quantitative estimate of drug-likeness (QED) is 0.751. The molecular formula is C16H26N4O2. The van der Waals surface area contributed by atoms with Gasteiger partial charge in [0.05, 0.1) is 24.7 Å². The van der Waals surface area contributed by atoms with Gasteiger partial charge in [-0.25, -0.2) is 4.79 Å². The molecule has 1 amide bonds. The standard InChI is InChI=1S/C16H26N4O2/c1-14(2)13-22-16(21)20-8-4-7-19(9-10-20)12-15(11-18)5-3-6-17/h14-15H,3-5,7-10,12-13H2,1-2H3. The topological polar surface area (TPSA) is 80.4 Å². The van der Waals surface area contributed by atoms with E-state index in [0.29, 0.717) is 45.0 Å². The lowest BCUT2D eigenvalue weighted by molar-refractivity contribution is 0.0929. The first-order valence-corrected chi connectivity index (χ1v) is 7.97. The lowest BCUT2D eigenvalue weighted by Gasteiger charge is -2.23. The van der Waals surface area contributed by atoms with Crippen LogP contribution in [0.1, 0.15) is 33.1 Å². The first kappa shape index (κ1) is 18.3. The second kappa shape index (κ2) is 10.0. The fourth-order valence-corrected chi connectivity index (χ4v) is 2.41. The van der Waals surface area contributed by atoms with Crippen molar-refractivity contribution in [3.63, 3.8) is 0 Å². The number of carbonyl (C=O) groups is 1. The smallest absolute Gasteiger partial charge is 0.409 e. The molecule has 1 rings (SSSR count). The Labute approximate surface area is 133 Å². The summed E-state index contributed by atoms with van der Waals surface area (Å²) in [7, 11) is 0. The van der Waals surface area contributed by atoms with E-state index in [1.807, 2.05) is 13.8 Å². The SMILES string of the molecule is CC(C)COC(=O)N1CCCN(CC(C#N)CCC#N)CC1. The summed E-state index contributed by atoms with van der Waals surface area (Å²) in [6.07, 6.45) is 1.67. The molecule has 1 aliphatic rings. The van der Waals surface area contributed by atoms with Gasteiger partial charge in [-0.05, 0) is 25.3 Å². The molecule has 0 aromatic carbocycles. The van der Waals surface area contributed by atoms with Gasteiger partial charge >= 0.3 is 6.09 Å². The molecule has 1 heterocycles. The highest BCUT2D eigenvalue weighted by molar-refractivity contribution is 5.67. The number of amides is 1. The van der Waals surface area contributed by atoms with Crippen molar-refractivity contribution in [2.45, 2.75) is 33.1 Å². The molecule has 122 valence electrons. The zero-order chi connectivity index (χ0) is 16.4. The van der Waals surface area contributed by atoms with Crippen LogP contribution in [0.25, 0.3) is 0 Å². The highest BCUT2D eigenvalue weighted by Crippen LogP contribution is 2.11. The Morgan fingerprint density at radius 2 is 2.00 bits per heavy atom. The van der Waals surface area contributed by atoms with Gasteiger partial charge in [0.2, 0.25) is 0 Å². The van der Waals surface area contributed by atoms with Crippen molar-refractivity contribution >= 4 is 6.09 Å². The minimum atomic E-state index is -0.239. The fraction of sp³-hybridized carbons (Fsp3) is 0.812. The van der Waals surface area contributed by atoms with Crippen LogP contribution >= 0.6 is 0 Å². The minimum Gasteiger partial charge on any atom is -0.449 e. The molecule has 0 radical (unpaired) electrons. The van der Waals surface area contributed by atoms with E-state index in [9.17, 15) is 4.79 Å². The van der Waals surface area contributed by atoms with Crippen LogP contribution in [0.5, 0.6) is 0 Å². The van der Waals surface area contributed by atoms with Crippen molar-refractivity contribution in [1.29, 1.82) is 10.5 Å². The normalized spacial score (nSPS) is 17.4. The van der Waals surface area contributed by atoms with Crippen LogP contribution in [0, 0.1) is 34.5 Å². The Kier molecular flexibility index (Phi) is 8.32. The van der Waals surface area contributed by atoms with Gasteiger partial charge in [-0.15, -0.1) is 0 Å². The van der Waals surface area contributed by atoms with Gasteiger partial charge in [0, 0.05) is 32.6 Å². The number of ether oxygens (including phenoxy) is 1. The lowest BCUT2D eigenvalue weighted by Crippen LogP contribution is -2.37. The molecule has 0 saturated carbocycles. The van der Waals surface area contributed by atoms with E-state index in [-0.39, 0.29) is 12.0 Å². The summed E-state index contributed by atoms with van der Waals surface area (Å²) in [6.45, 7) is 8.11. The lowest BCUT2D eigenvalue weighted by atomic mass is 10.0. The summed E-state index contributed by atoms with van der Waals surface area (Å²) < 4.78 is 5.27. The van der Waals surface area contributed by atoms with Crippen molar-refractivity contribution < 1.29 is 9.53 Å². The van der Waals surface area contributed by atoms with E-state index in [0.717, 1.165) is 19.5 Å². The largest absolute Gasteiger partial charge is 0.449 e. The van der Waals surface area contributed by atoms with Gasteiger partial charge in [0.25, 0.3) is 0 Å². The molecular weight excluding hydrogens is 280 g/mol. The molecule has 0 bridgehead atoms. The molecule has 0 aromatic heterocycles. The van der Waals surface area contributed by atoms with Gasteiger partial charge in [0.15, 0.2) is 0 Å². The molecule has 22 heavy (non-hydrogen) atoms. The molecule has 0 spiro atoms. The minimum absolute atomic E-state index is 0.112. The van der Waals surface area contributed by atoms with E-state index >= 15 is 0 Å². The summed E-state index contributed by atoms with van der Waals surface area (Å²) in [5, 5.41) is 17.8. The fourth-order valence-electron chi connectivity index (χ4n) is 2.41. The average Bonchev–Trinajstić information content (AvgIpc) is 2.74.